The number of halogens is 3. The Labute approximate surface area is 137 Å². The van der Waals surface area contributed by atoms with Gasteiger partial charge in [-0.3, -0.25) is 0 Å². The van der Waals surface area contributed by atoms with Crippen LogP contribution in [0.2, 0.25) is 0 Å². The molecule has 5 heteroatoms. The molecule has 0 N–H and O–H groups in total. The van der Waals surface area contributed by atoms with Crippen LogP contribution in [-0.2, 0) is 13.0 Å². The average Bonchev–Trinajstić information content (AvgIpc) is 2.79. The molecule has 1 aromatic carbocycles. The number of hydrogen-bond donors (Lipinski definition) is 0. The zero-order chi connectivity index (χ0) is 14.8. The molecule has 21 heavy (non-hydrogen) atoms. The Hall–Kier alpha value is -0.610. The smallest absolute Gasteiger partial charge is 0.139 e. The molecule has 1 heterocycles. The lowest BCUT2D eigenvalue weighted by molar-refractivity contribution is 0.319. The topological polar surface area (TPSA) is 17.8 Å². The minimum absolute atomic E-state index is 0.232. The Bertz CT molecular complexity index is 635. The fourth-order valence-corrected chi connectivity index (χ4v) is 3.78. The van der Waals surface area contributed by atoms with Crippen LogP contribution in [0.5, 0.6) is 0 Å². The minimum Gasteiger partial charge on any atom is -0.328 e. The molecule has 0 saturated heterocycles. The molecule has 114 valence electrons. The summed E-state index contributed by atoms with van der Waals surface area (Å²) in [5.74, 6) is 1.96. The van der Waals surface area contributed by atoms with Gasteiger partial charge >= 0.3 is 0 Å². The van der Waals surface area contributed by atoms with E-state index in [1.54, 1.807) is 12.1 Å². The van der Waals surface area contributed by atoms with Crippen molar-refractivity contribution >= 4 is 38.6 Å². The fourth-order valence-electron chi connectivity index (χ4n) is 3.28. The lowest BCUT2D eigenvalue weighted by Gasteiger charge is -2.23. The van der Waals surface area contributed by atoms with Crippen LogP contribution >= 0.6 is 27.5 Å². The van der Waals surface area contributed by atoms with E-state index in [4.69, 9.17) is 11.6 Å². The lowest BCUT2D eigenvalue weighted by atomic mass is 9.89. The van der Waals surface area contributed by atoms with Crippen LogP contribution < -0.4 is 0 Å². The molecule has 1 aliphatic carbocycles. The second kappa shape index (κ2) is 6.66. The Kier molecular flexibility index (Phi) is 4.85. The number of hydrogen-bond acceptors (Lipinski definition) is 1. The molecule has 0 atom stereocenters. The molecule has 0 bridgehead atoms. The quantitative estimate of drug-likeness (QED) is 0.665. The standard InChI is InChI=1S/C16H19BrClFN2/c17-12-8-14-15(9-13(12)19)21(16(20-14)6-7-18)10-11-4-2-1-3-5-11/h8-9,11H,1-7,10H2. The Morgan fingerprint density at radius 1 is 1.29 bits per heavy atom. The summed E-state index contributed by atoms with van der Waals surface area (Å²) in [7, 11) is 0. The minimum atomic E-state index is -0.232. The molecule has 1 saturated carbocycles. The van der Waals surface area contributed by atoms with Crippen LogP contribution in [0.25, 0.3) is 11.0 Å². The number of imidazole rings is 1. The summed E-state index contributed by atoms with van der Waals surface area (Å²) in [6, 6.07) is 3.35. The largest absolute Gasteiger partial charge is 0.328 e. The van der Waals surface area contributed by atoms with Crippen LogP contribution in [0.15, 0.2) is 16.6 Å². The van der Waals surface area contributed by atoms with E-state index in [1.165, 1.54) is 32.1 Å². The van der Waals surface area contributed by atoms with E-state index >= 15 is 0 Å². The summed E-state index contributed by atoms with van der Waals surface area (Å²) in [5, 5.41) is 0. The number of alkyl halides is 1. The van der Waals surface area contributed by atoms with Crippen LogP contribution in [-0.4, -0.2) is 15.4 Å². The van der Waals surface area contributed by atoms with Crippen LogP contribution in [0.3, 0.4) is 0 Å². The van der Waals surface area contributed by atoms with Gasteiger partial charge in [0.25, 0.3) is 0 Å². The molecule has 0 radical (unpaired) electrons. The fraction of sp³-hybridized carbons (Fsp3) is 0.562. The zero-order valence-electron chi connectivity index (χ0n) is 11.9. The third-order valence-electron chi connectivity index (χ3n) is 4.35. The first kappa shape index (κ1) is 15.3. The van der Waals surface area contributed by atoms with Gasteiger partial charge in [0.1, 0.15) is 11.6 Å². The molecule has 1 fully saturated rings. The first-order valence-electron chi connectivity index (χ1n) is 7.59. The van der Waals surface area contributed by atoms with E-state index < -0.39 is 0 Å². The van der Waals surface area contributed by atoms with E-state index in [2.05, 4.69) is 25.5 Å². The van der Waals surface area contributed by atoms with Crippen molar-refractivity contribution in [2.75, 3.05) is 5.88 Å². The molecule has 0 unspecified atom stereocenters. The Morgan fingerprint density at radius 2 is 2.05 bits per heavy atom. The molecule has 1 aliphatic rings. The number of fused-ring (bicyclic) bond motifs is 1. The van der Waals surface area contributed by atoms with Crippen molar-refractivity contribution in [3.8, 4) is 0 Å². The van der Waals surface area contributed by atoms with Gasteiger partial charge < -0.3 is 4.57 Å². The molecule has 1 aromatic heterocycles. The van der Waals surface area contributed by atoms with Crippen molar-refractivity contribution in [1.82, 2.24) is 9.55 Å². The van der Waals surface area contributed by atoms with Gasteiger partial charge in [0, 0.05) is 24.9 Å². The highest BCUT2D eigenvalue weighted by Crippen LogP contribution is 2.29. The van der Waals surface area contributed by atoms with Gasteiger partial charge in [-0.1, -0.05) is 19.3 Å². The van der Waals surface area contributed by atoms with Crippen molar-refractivity contribution in [3.63, 3.8) is 0 Å². The van der Waals surface area contributed by atoms with E-state index in [9.17, 15) is 4.39 Å². The van der Waals surface area contributed by atoms with Gasteiger partial charge in [0.2, 0.25) is 0 Å². The highest BCUT2D eigenvalue weighted by molar-refractivity contribution is 9.10. The maximum Gasteiger partial charge on any atom is 0.139 e. The molecule has 0 amide bonds. The normalized spacial score (nSPS) is 16.7. The van der Waals surface area contributed by atoms with Gasteiger partial charge in [0.15, 0.2) is 0 Å². The summed E-state index contributed by atoms with van der Waals surface area (Å²) in [4.78, 5) is 4.65. The molecule has 3 rings (SSSR count). The number of nitrogens with zero attached hydrogens (tertiary/aromatic N) is 2. The maximum atomic E-state index is 13.9. The Morgan fingerprint density at radius 3 is 2.76 bits per heavy atom. The maximum absolute atomic E-state index is 13.9. The van der Waals surface area contributed by atoms with E-state index in [-0.39, 0.29) is 5.82 Å². The number of aryl methyl sites for hydroxylation is 1. The summed E-state index contributed by atoms with van der Waals surface area (Å²) >= 11 is 9.14. The van der Waals surface area contributed by atoms with Crippen LogP contribution in [0.1, 0.15) is 37.9 Å². The summed E-state index contributed by atoms with van der Waals surface area (Å²) in [6.07, 6.45) is 7.21. The molecule has 2 aromatic rings. The monoisotopic (exact) mass is 372 g/mol. The van der Waals surface area contributed by atoms with Crippen LogP contribution in [0.4, 0.5) is 4.39 Å². The summed E-state index contributed by atoms with van der Waals surface area (Å²) in [5.41, 5.74) is 1.74. The molecule has 0 aliphatic heterocycles. The molecular weight excluding hydrogens is 355 g/mol. The second-order valence-corrected chi connectivity index (χ2v) is 7.07. The highest BCUT2D eigenvalue weighted by atomic mass is 79.9. The van der Waals surface area contributed by atoms with Gasteiger partial charge in [-0.25, -0.2) is 9.37 Å². The SMILES string of the molecule is Fc1cc2c(cc1Br)nc(CCCl)n2CC1CCCCC1. The third-order valence-corrected chi connectivity index (χ3v) is 5.15. The predicted molar refractivity (Wildman–Crippen MR) is 88.4 cm³/mol. The first-order valence-corrected chi connectivity index (χ1v) is 8.92. The summed E-state index contributed by atoms with van der Waals surface area (Å²) < 4.78 is 16.5. The van der Waals surface area contributed by atoms with Crippen molar-refractivity contribution in [3.05, 3.63) is 28.2 Å². The van der Waals surface area contributed by atoms with Gasteiger partial charge in [-0.15, -0.1) is 11.6 Å². The van der Waals surface area contributed by atoms with Gasteiger partial charge in [-0.05, 0) is 40.8 Å². The number of aromatic nitrogens is 2. The second-order valence-electron chi connectivity index (χ2n) is 5.84. The molecule has 2 nitrogen and oxygen atoms in total. The van der Waals surface area contributed by atoms with Gasteiger partial charge in [0.05, 0.1) is 15.5 Å². The third kappa shape index (κ3) is 3.26. The number of rotatable bonds is 4. The van der Waals surface area contributed by atoms with E-state index in [0.29, 0.717) is 16.3 Å². The predicted octanol–water partition coefficient (Wildman–Crippen LogP) is 5.30. The zero-order valence-corrected chi connectivity index (χ0v) is 14.3. The average molecular weight is 374 g/mol. The highest BCUT2D eigenvalue weighted by Gasteiger charge is 2.19. The van der Waals surface area contributed by atoms with Crippen LogP contribution in [0, 0.1) is 11.7 Å². The van der Waals surface area contributed by atoms with E-state index in [0.717, 1.165) is 29.8 Å². The van der Waals surface area contributed by atoms with Crippen molar-refractivity contribution in [2.45, 2.75) is 45.1 Å². The van der Waals surface area contributed by atoms with Crippen molar-refractivity contribution in [1.29, 1.82) is 0 Å². The van der Waals surface area contributed by atoms with Crippen molar-refractivity contribution in [2.24, 2.45) is 5.92 Å². The first-order chi connectivity index (χ1) is 10.2. The van der Waals surface area contributed by atoms with Gasteiger partial charge in [-0.2, -0.15) is 0 Å². The molecular formula is C16H19BrClFN2. The van der Waals surface area contributed by atoms with E-state index in [1.807, 2.05) is 0 Å². The Balaban J connectivity index is 2.00. The summed E-state index contributed by atoms with van der Waals surface area (Å²) in [6.45, 7) is 0.934. The number of benzene rings is 1. The lowest BCUT2D eigenvalue weighted by Crippen LogP contribution is -2.16. The molecule has 0 spiro atoms. The van der Waals surface area contributed by atoms with Crippen molar-refractivity contribution < 1.29 is 4.39 Å².